The number of carbonyl (C=O) groups is 1. The van der Waals surface area contributed by atoms with E-state index >= 15 is 0 Å². The lowest BCUT2D eigenvalue weighted by Gasteiger charge is -2.19. The standard InChI is InChI=1S/C24H26N4O4/c1-24(2,3)32-21(29)14-25-22-23-26-13-18(15-10-11-19(30-4)20(12-15)31-5)28(23)17-9-7-6-8-16(17)27-22/h6-13H,14H2,1-5H3,(H,25,27). The highest BCUT2D eigenvalue weighted by atomic mass is 16.6. The number of imidazole rings is 1. The third-order valence-electron chi connectivity index (χ3n) is 4.83. The fourth-order valence-electron chi connectivity index (χ4n) is 3.53. The summed E-state index contributed by atoms with van der Waals surface area (Å²) in [4.78, 5) is 21.5. The van der Waals surface area contributed by atoms with Crippen molar-refractivity contribution in [2.75, 3.05) is 26.1 Å². The molecular formula is C24H26N4O4. The van der Waals surface area contributed by atoms with E-state index in [-0.39, 0.29) is 12.5 Å². The van der Waals surface area contributed by atoms with E-state index in [9.17, 15) is 4.79 Å². The van der Waals surface area contributed by atoms with Gasteiger partial charge in [0.1, 0.15) is 12.1 Å². The first kappa shape index (κ1) is 21.4. The number of para-hydroxylation sites is 2. The van der Waals surface area contributed by atoms with Crippen LogP contribution in [-0.2, 0) is 9.53 Å². The molecule has 8 nitrogen and oxygen atoms in total. The van der Waals surface area contributed by atoms with E-state index in [0.717, 1.165) is 22.3 Å². The number of benzene rings is 2. The van der Waals surface area contributed by atoms with Crippen LogP contribution in [-0.4, -0.2) is 46.7 Å². The highest BCUT2D eigenvalue weighted by Crippen LogP contribution is 2.34. The number of methoxy groups -OCH3 is 2. The Labute approximate surface area is 186 Å². The first-order valence-electron chi connectivity index (χ1n) is 10.2. The molecule has 32 heavy (non-hydrogen) atoms. The lowest BCUT2D eigenvalue weighted by atomic mass is 10.1. The maximum absolute atomic E-state index is 12.2. The van der Waals surface area contributed by atoms with Gasteiger partial charge in [-0.25, -0.2) is 9.97 Å². The van der Waals surface area contributed by atoms with E-state index in [0.29, 0.717) is 23.0 Å². The number of nitrogens with one attached hydrogen (secondary N) is 1. The second-order valence-corrected chi connectivity index (χ2v) is 8.26. The van der Waals surface area contributed by atoms with E-state index in [1.165, 1.54) is 0 Å². The summed E-state index contributed by atoms with van der Waals surface area (Å²) in [5, 5.41) is 3.09. The number of rotatable bonds is 6. The lowest BCUT2D eigenvalue weighted by molar-refractivity contribution is -0.152. The SMILES string of the molecule is COc1ccc(-c2cnc3c(NCC(=O)OC(C)(C)C)nc4ccccc4n23)cc1OC. The zero-order chi connectivity index (χ0) is 22.9. The molecule has 4 rings (SSSR count). The van der Waals surface area contributed by atoms with Gasteiger partial charge in [0.25, 0.3) is 0 Å². The molecule has 0 atom stereocenters. The molecule has 0 radical (unpaired) electrons. The Morgan fingerprint density at radius 3 is 2.53 bits per heavy atom. The highest BCUT2D eigenvalue weighted by Gasteiger charge is 2.19. The van der Waals surface area contributed by atoms with Crippen LogP contribution in [0.1, 0.15) is 20.8 Å². The molecule has 4 aromatic rings. The van der Waals surface area contributed by atoms with Gasteiger partial charge in [0, 0.05) is 5.56 Å². The minimum absolute atomic E-state index is 0.0170. The van der Waals surface area contributed by atoms with Crippen molar-refractivity contribution in [3.8, 4) is 22.8 Å². The molecule has 0 fully saturated rings. The number of hydrogen-bond acceptors (Lipinski definition) is 7. The van der Waals surface area contributed by atoms with Gasteiger partial charge in [0.15, 0.2) is 23.0 Å². The summed E-state index contributed by atoms with van der Waals surface area (Å²) in [6.07, 6.45) is 1.78. The van der Waals surface area contributed by atoms with Crippen molar-refractivity contribution < 1.29 is 19.0 Å². The molecule has 0 saturated carbocycles. The molecule has 0 bridgehead atoms. The molecule has 1 N–H and O–H groups in total. The molecular weight excluding hydrogens is 408 g/mol. The summed E-state index contributed by atoms with van der Waals surface area (Å²) in [5.74, 6) is 1.41. The predicted octanol–water partition coefficient (Wildman–Crippen LogP) is 4.32. The van der Waals surface area contributed by atoms with Crippen LogP contribution in [0.15, 0.2) is 48.7 Å². The van der Waals surface area contributed by atoms with Gasteiger partial charge < -0.3 is 19.5 Å². The van der Waals surface area contributed by atoms with Crippen molar-refractivity contribution in [3.63, 3.8) is 0 Å². The van der Waals surface area contributed by atoms with E-state index in [4.69, 9.17) is 19.2 Å². The highest BCUT2D eigenvalue weighted by molar-refractivity contribution is 5.87. The Kier molecular flexibility index (Phi) is 5.61. The largest absolute Gasteiger partial charge is 0.493 e. The Bertz CT molecular complexity index is 1290. The molecule has 0 spiro atoms. The maximum atomic E-state index is 12.2. The molecule has 8 heteroatoms. The first-order valence-corrected chi connectivity index (χ1v) is 10.2. The second kappa shape index (κ2) is 8.37. The summed E-state index contributed by atoms with van der Waals surface area (Å²) in [5.41, 5.74) is 3.49. The van der Waals surface area contributed by atoms with Gasteiger partial charge in [-0.3, -0.25) is 9.20 Å². The average Bonchev–Trinajstić information content (AvgIpc) is 3.21. The smallest absolute Gasteiger partial charge is 0.325 e. The zero-order valence-electron chi connectivity index (χ0n) is 18.8. The number of hydrogen-bond donors (Lipinski definition) is 1. The van der Waals surface area contributed by atoms with E-state index in [1.807, 2.05) is 67.6 Å². The van der Waals surface area contributed by atoms with Gasteiger partial charge in [-0.1, -0.05) is 12.1 Å². The number of nitrogens with zero attached hydrogens (tertiary/aromatic N) is 3. The molecule has 2 heterocycles. The molecule has 0 saturated heterocycles. The predicted molar refractivity (Wildman–Crippen MR) is 123 cm³/mol. The summed E-state index contributed by atoms with van der Waals surface area (Å²) in [6.45, 7) is 5.49. The first-order chi connectivity index (χ1) is 15.3. The molecule has 0 unspecified atom stereocenters. The van der Waals surface area contributed by atoms with Gasteiger partial charge in [0.2, 0.25) is 0 Å². The summed E-state index contributed by atoms with van der Waals surface area (Å²) in [7, 11) is 3.21. The maximum Gasteiger partial charge on any atom is 0.325 e. The quantitative estimate of drug-likeness (QED) is 0.452. The summed E-state index contributed by atoms with van der Waals surface area (Å²) in [6, 6.07) is 13.5. The molecule has 2 aromatic carbocycles. The third kappa shape index (κ3) is 4.16. The Morgan fingerprint density at radius 1 is 1.06 bits per heavy atom. The van der Waals surface area contributed by atoms with Crippen molar-refractivity contribution in [2.24, 2.45) is 0 Å². The number of carbonyl (C=O) groups excluding carboxylic acids is 1. The fourth-order valence-corrected chi connectivity index (χ4v) is 3.53. The zero-order valence-corrected chi connectivity index (χ0v) is 18.8. The van der Waals surface area contributed by atoms with Gasteiger partial charge in [0.05, 0.1) is 37.1 Å². The van der Waals surface area contributed by atoms with Crippen molar-refractivity contribution in [1.82, 2.24) is 14.4 Å². The normalized spacial score (nSPS) is 11.5. The number of esters is 1. The molecule has 0 amide bonds. The van der Waals surface area contributed by atoms with Crippen LogP contribution in [0.25, 0.3) is 27.9 Å². The average molecular weight is 434 g/mol. The minimum Gasteiger partial charge on any atom is -0.493 e. The minimum atomic E-state index is -0.557. The van der Waals surface area contributed by atoms with Crippen LogP contribution in [0.3, 0.4) is 0 Å². The lowest BCUT2D eigenvalue weighted by Crippen LogP contribution is -2.28. The van der Waals surface area contributed by atoms with Crippen molar-refractivity contribution >= 4 is 28.5 Å². The van der Waals surface area contributed by atoms with E-state index < -0.39 is 5.60 Å². The Morgan fingerprint density at radius 2 is 1.81 bits per heavy atom. The van der Waals surface area contributed by atoms with Crippen LogP contribution in [0.2, 0.25) is 0 Å². The van der Waals surface area contributed by atoms with Crippen LogP contribution in [0, 0.1) is 0 Å². The number of anilines is 1. The second-order valence-electron chi connectivity index (χ2n) is 8.26. The summed E-state index contributed by atoms with van der Waals surface area (Å²) < 4.78 is 18.2. The summed E-state index contributed by atoms with van der Waals surface area (Å²) >= 11 is 0. The molecule has 0 aliphatic rings. The number of ether oxygens (including phenoxy) is 3. The van der Waals surface area contributed by atoms with Crippen molar-refractivity contribution in [1.29, 1.82) is 0 Å². The van der Waals surface area contributed by atoms with E-state index in [1.54, 1.807) is 20.4 Å². The fraction of sp³-hybridized carbons (Fsp3) is 0.292. The van der Waals surface area contributed by atoms with Gasteiger partial charge >= 0.3 is 5.97 Å². The van der Waals surface area contributed by atoms with Gasteiger partial charge in [-0.2, -0.15) is 0 Å². The Balaban J connectivity index is 1.81. The monoisotopic (exact) mass is 434 g/mol. The van der Waals surface area contributed by atoms with Gasteiger partial charge in [-0.15, -0.1) is 0 Å². The molecule has 0 aliphatic heterocycles. The third-order valence-corrected chi connectivity index (χ3v) is 4.83. The van der Waals surface area contributed by atoms with Crippen LogP contribution in [0.5, 0.6) is 11.5 Å². The Hall–Kier alpha value is -3.81. The molecule has 0 aliphatic carbocycles. The van der Waals surface area contributed by atoms with E-state index in [2.05, 4.69) is 10.3 Å². The number of aromatic nitrogens is 3. The van der Waals surface area contributed by atoms with Crippen molar-refractivity contribution in [2.45, 2.75) is 26.4 Å². The van der Waals surface area contributed by atoms with Crippen LogP contribution >= 0.6 is 0 Å². The molecule has 2 aromatic heterocycles. The topological polar surface area (TPSA) is 87.0 Å². The van der Waals surface area contributed by atoms with Crippen LogP contribution < -0.4 is 14.8 Å². The van der Waals surface area contributed by atoms with Crippen molar-refractivity contribution in [3.05, 3.63) is 48.7 Å². The van der Waals surface area contributed by atoms with Gasteiger partial charge in [-0.05, 0) is 51.1 Å². The molecule has 166 valence electrons. The number of fused-ring (bicyclic) bond motifs is 3. The van der Waals surface area contributed by atoms with Crippen LogP contribution in [0.4, 0.5) is 5.82 Å².